The van der Waals surface area contributed by atoms with Gasteiger partial charge >= 0.3 is 5.97 Å². The highest BCUT2D eigenvalue weighted by Crippen LogP contribution is 2.07. The van der Waals surface area contributed by atoms with Crippen molar-refractivity contribution in [1.29, 1.82) is 0 Å². The van der Waals surface area contributed by atoms with Crippen LogP contribution in [0.4, 0.5) is 0 Å². The molecule has 0 amide bonds. The summed E-state index contributed by atoms with van der Waals surface area (Å²) in [4.78, 5) is 21.7. The number of carboxylic acids is 1. The Bertz CT molecular complexity index is 337. The fraction of sp³-hybridized carbons (Fsp3) is 0.600. The van der Waals surface area contributed by atoms with E-state index in [1.807, 2.05) is 0 Å². The SMILES string of the molecule is CC(=CC(=O)[C@H](O)[C@@H](O)[C@H](O)[C@H](O)CO)C(=O)O. The van der Waals surface area contributed by atoms with Crippen LogP contribution in [0.2, 0.25) is 0 Å². The van der Waals surface area contributed by atoms with Crippen molar-refractivity contribution in [1.82, 2.24) is 0 Å². The lowest BCUT2D eigenvalue weighted by Crippen LogP contribution is -2.48. The van der Waals surface area contributed by atoms with E-state index in [-0.39, 0.29) is 5.57 Å². The Morgan fingerprint density at radius 1 is 1.11 bits per heavy atom. The summed E-state index contributed by atoms with van der Waals surface area (Å²) in [7, 11) is 0. The van der Waals surface area contributed by atoms with E-state index in [0.717, 1.165) is 6.92 Å². The zero-order valence-electron chi connectivity index (χ0n) is 9.59. The fourth-order valence-corrected chi connectivity index (χ4v) is 1.05. The van der Waals surface area contributed by atoms with E-state index < -0.39 is 42.8 Å². The third kappa shape index (κ3) is 4.51. The summed E-state index contributed by atoms with van der Waals surface area (Å²) in [6.07, 6.45) is -7.22. The molecule has 0 unspecified atom stereocenters. The van der Waals surface area contributed by atoms with Crippen molar-refractivity contribution >= 4 is 11.8 Å². The van der Waals surface area contributed by atoms with Gasteiger partial charge in [0.05, 0.1) is 6.61 Å². The van der Waals surface area contributed by atoms with Crippen molar-refractivity contribution in [3.8, 4) is 0 Å². The highest BCUT2D eigenvalue weighted by Gasteiger charge is 2.33. The summed E-state index contributed by atoms with van der Waals surface area (Å²) in [6.45, 7) is 0.238. The molecule has 0 saturated heterocycles. The number of aliphatic hydroxyl groups excluding tert-OH is 5. The standard InChI is InChI=1S/C10H16O8/c1-4(10(17)18)2-5(12)7(14)9(16)8(15)6(13)3-11/h2,6-9,11,13-16H,3H2,1H3,(H,17,18)/t6-,7+,8-,9-/m1/s1. The van der Waals surface area contributed by atoms with E-state index in [4.69, 9.17) is 15.3 Å². The quantitative estimate of drug-likeness (QED) is 0.266. The van der Waals surface area contributed by atoms with Crippen molar-refractivity contribution in [2.24, 2.45) is 0 Å². The minimum Gasteiger partial charge on any atom is -0.478 e. The molecule has 6 N–H and O–H groups in total. The molecule has 0 bridgehead atoms. The fourth-order valence-electron chi connectivity index (χ4n) is 1.05. The van der Waals surface area contributed by atoms with E-state index >= 15 is 0 Å². The van der Waals surface area contributed by atoms with Gasteiger partial charge in [-0.1, -0.05) is 0 Å². The highest BCUT2D eigenvalue weighted by molar-refractivity contribution is 6.00. The number of aliphatic hydroxyl groups is 5. The van der Waals surface area contributed by atoms with E-state index in [1.165, 1.54) is 0 Å². The topological polar surface area (TPSA) is 156 Å². The van der Waals surface area contributed by atoms with Gasteiger partial charge in [-0.2, -0.15) is 0 Å². The summed E-state index contributed by atoms with van der Waals surface area (Å²) in [5, 5.41) is 53.9. The number of hydrogen-bond donors (Lipinski definition) is 6. The summed E-state index contributed by atoms with van der Waals surface area (Å²) < 4.78 is 0. The Morgan fingerprint density at radius 2 is 1.61 bits per heavy atom. The Balaban J connectivity index is 4.74. The van der Waals surface area contributed by atoms with Gasteiger partial charge in [-0.05, 0) is 13.0 Å². The van der Waals surface area contributed by atoms with Gasteiger partial charge in [0.25, 0.3) is 0 Å². The average molecular weight is 264 g/mol. The van der Waals surface area contributed by atoms with Crippen LogP contribution >= 0.6 is 0 Å². The lowest BCUT2D eigenvalue weighted by Gasteiger charge is -2.24. The first kappa shape index (κ1) is 16.7. The molecular weight excluding hydrogens is 248 g/mol. The van der Waals surface area contributed by atoms with Gasteiger partial charge in [0, 0.05) is 5.57 Å². The van der Waals surface area contributed by atoms with E-state index in [2.05, 4.69) is 0 Å². The van der Waals surface area contributed by atoms with Crippen molar-refractivity contribution in [3.05, 3.63) is 11.6 Å². The monoisotopic (exact) mass is 264 g/mol. The minimum absolute atomic E-state index is 0.358. The Hall–Kier alpha value is -1.32. The molecule has 0 aromatic carbocycles. The number of carbonyl (C=O) groups excluding carboxylic acids is 1. The lowest BCUT2D eigenvalue weighted by atomic mass is 9.99. The maximum absolute atomic E-state index is 11.3. The van der Waals surface area contributed by atoms with Crippen LogP contribution in [0.3, 0.4) is 0 Å². The first-order valence-electron chi connectivity index (χ1n) is 5.01. The number of carbonyl (C=O) groups is 2. The normalized spacial score (nSPS) is 18.9. The maximum atomic E-state index is 11.3. The second-order valence-corrected chi connectivity index (χ2v) is 3.71. The highest BCUT2D eigenvalue weighted by atomic mass is 16.4. The van der Waals surface area contributed by atoms with Crippen LogP contribution in [0.5, 0.6) is 0 Å². The number of hydrogen-bond acceptors (Lipinski definition) is 7. The first-order chi connectivity index (χ1) is 8.22. The Morgan fingerprint density at radius 3 is 2.00 bits per heavy atom. The van der Waals surface area contributed by atoms with Gasteiger partial charge in [-0.15, -0.1) is 0 Å². The van der Waals surface area contributed by atoms with Gasteiger partial charge < -0.3 is 30.6 Å². The molecule has 0 aliphatic carbocycles. The van der Waals surface area contributed by atoms with Gasteiger partial charge in [-0.3, -0.25) is 4.79 Å². The van der Waals surface area contributed by atoms with Crippen LogP contribution in [-0.2, 0) is 9.59 Å². The molecule has 0 heterocycles. The molecule has 4 atom stereocenters. The van der Waals surface area contributed by atoms with Crippen molar-refractivity contribution in [2.75, 3.05) is 6.61 Å². The summed E-state index contributed by atoms with van der Waals surface area (Å²) in [6, 6.07) is 0. The van der Waals surface area contributed by atoms with Crippen molar-refractivity contribution < 1.29 is 40.2 Å². The third-order valence-corrected chi connectivity index (χ3v) is 2.24. The second-order valence-electron chi connectivity index (χ2n) is 3.71. The zero-order chi connectivity index (χ0) is 14.5. The van der Waals surface area contributed by atoms with Crippen LogP contribution in [0.15, 0.2) is 11.6 Å². The number of aliphatic carboxylic acids is 1. The maximum Gasteiger partial charge on any atom is 0.331 e. The molecule has 104 valence electrons. The van der Waals surface area contributed by atoms with Gasteiger partial charge in [0.15, 0.2) is 5.78 Å². The van der Waals surface area contributed by atoms with Crippen LogP contribution in [0, 0.1) is 0 Å². The van der Waals surface area contributed by atoms with Crippen LogP contribution in [-0.4, -0.2) is 73.4 Å². The van der Waals surface area contributed by atoms with E-state index in [1.54, 1.807) is 0 Å². The van der Waals surface area contributed by atoms with Crippen molar-refractivity contribution in [2.45, 2.75) is 31.3 Å². The molecule has 0 aromatic rings. The van der Waals surface area contributed by atoms with Crippen molar-refractivity contribution in [3.63, 3.8) is 0 Å². The average Bonchev–Trinajstić information content (AvgIpc) is 2.34. The van der Waals surface area contributed by atoms with E-state index in [9.17, 15) is 24.9 Å². The molecule has 0 saturated carbocycles. The van der Waals surface area contributed by atoms with Crippen LogP contribution in [0.1, 0.15) is 6.92 Å². The molecule has 0 aromatic heterocycles. The van der Waals surface area contributed by atoms with Gasteiger partial charge in [0.1, 0.15) is 24.4 Å². The molecule has 0 radical (unpaired) electrons. The largest absolute Gasteiger partial charge is 0.478 e. The molecule has 8 heteroatoms. The predicted molar refractivity (Wildman–Crippen MR) is 57.5 cm³/mol. The molecule has 18 heavy (non-hydrogen) atoms. The minimum atomic E-state index is -2.10. The predicted octanol–water partition coefficient (Wildman–Crippen LogP) is -2.98. The van der Waals surface area contributed by atoms with Gasteiger partial charge in [-0.25, -0.2) is 4.79 Å². The van der Waals surface area contributed by atoms with Gasteiger partial charge in [0.2, 0.25) is 0 Å². The van der Waals surface area contributed by atoms with Crippen LogP contribution < -0.4 is 0 Å². The smallest absolute Gasteiger partial charge is 0.331 e. The molecular formula is C10H16O8. The summed E-state index contributed by atoms with van der Waals surface area (Å²) in [5.74, 6) is -2.51. The molecule has 0 aliphatic heterocycles. The number of ketones is 1. The zero-order valence-corrected chi connectivity index (χ0v) is 9.59. The molecule has 0 rings (SSSR count). The molecule has 0 aliphatic rings. The summed E-state index contributed by atoms with van der Waals surface area (Å²) in [5.41, 5.74) is -0.358. The van der Waals surface area contributed by atoms with E-state index in [0.29, 0.717) is 6.08 Å². The Kier molecular flexibility index (Phi) is 6.66. The number of carboxylic acid groups (broad SMARTS) is 1. The Labute approximate surface area is 102 Å². The molecule has 0 fully saturated rings. The van der Waals surface area contributed by atoms with Crippen LogP contribution in [0.25, 0.3) is 0 Å². The molecule has 8 nitrogen and oxygen atoms in total. The first-order valence-corrected chi connectivity index (χ1v) is 5.01. The lowest BCUT2D eigenvalue weighted by molar-refractivity contribution is -0.143. The third-order valence-electron chi connectivity index (χ3n) is 2.24. The second kappa shape index (κ2) is 7.19. The number of rotatable bonds is 7. The summed E-state index contributed by atoms with van der Waals surface area (Å²) >= 11 is 0. The molecule has 0 spiro atoms.